The van der Waals surface area contributed by atoms with Crippen LogP contribution in [-0.2, 0) is 10.0 Å². The van der Waals surface area contributed by atoms with E-state index in [1.54, 1.807) is 4.31 Å². The van der Waals surface area contributed by atoms with Crippen molar-refractivity contribution in [2.24, 2.45) is 5.92 Å². The molecule has 0 bridgehead atoms. The largest absolute Gasteiger partial charge is 0.215 e. The highest BCUT2D eigenvalue weighted by Gasteiger charge is 2.39. The summed E-state index contributed by atoms with van der Waals surface area (Å²) < 4.78 is 25.3. The molecule has 0 N–H and O–H groups in total. The van der Waals surface area contributed by atoms with E-state index in [4.69, 9.17) is 11.6 Å². The van der Waals surface area contributed by atoms with Gasteiger partial charge in [-0.1, -0.05) is 0 Å². The molecule has 0 aromatic rings. The van der Waals surface area contributed by atoms with E-state index in [0.29, 0.717) is 12.0 Å². The second-order valence-electron chi connectivity index (χ2n) is 4.25. The van der Waals surface area contributed by atoms with Crippen molar-refractivity contribution in [3.63, 3.8) is 0 Å². The molecule has 2 saturated carbocycles. The van der Waals surface area contributed by atoms with Crippen molar-refractivity contribution >= 4 is 21.6 Å². The molecule has 2 rings (SSSR count). The molecule has 5 heteroatoms. The smallest absolute Gasteiger partial charge is 0.212 e. The van der Waals surface area contributed by atoms with Crippen LogP contribution in [0.2, 0.25) is 0 Å². The molecule has 0 aromatic carbocycles. The standard InChI is InChI=1S/C9H16ClNO2S/c10-5-6-14(12,13)11(9-3-4-9)7-8-1-2-8/h8-9H,1-7H2. The molecule has 0 saturated heterocycles. The zero-order valence-electron chi connectivity index (χ0n) is 8.15. The number of hydrogen-bond acceptors (Lipinski definition) is 2. The number of hydrogen-bond donors (Lipinski definition) is 0. The predicted octanol–water partition coefficient (Wildman–Crippen LogP) is 1.43. The minimum Gasteiger partial charge on any atom is -0.212 e. The van der Waals surface area contributed by atoms with Crippen LogP contribution >= 0.6 is 11.6 Å². The molecular weight excluding hydrogens is 222 g/mol. The zero-order chi connectivity index (χ0) is 10.2. The van der Waals surface area contributed by atoms with Crippen LogP contribution < -0.4 is 0 Å². The molecule has 0 aliphatic heterocycles. The van der Waals surface area contributed by atoms with Crippen molar-refractivity contribution in [2.45, 2.75) is 31.7 Å². The first-order valence-electron chi connectivity index (χ1n) is 5.19. The van der Waals surface area contributed by atoms with Crippen molar-refractivity contribution in [3.8, 4) is 0 Å². The minimum atomic E-state index is -3.06. The molecule has 82 valence electrons. The summed E-state index contributed by atoms with van der Waals surface area (Å²) in [6.07, 6.45) is 4.46. The normalized spacial score (nSPS) is 23.0. The van der Waals surface area contributed by atoms with Gasteiger partial charge < -0.3 is 0 Å². The van der Waals surface area contributed by atoms with Crippen molar-refractivity contribution in [2.75, 3.05) is 18.2 Å². The first kappa shape index (κ1) is 10.7. The van der Waals surface area contributed by atoms with Crippen molar-refractivity contribution in [1.29, 1.82) is 0 Å². The molecule has 2 aliphatic carbocycles. The second kappa shape index (κ2) is 3.99. The summed E-state index contributed by atoms with van der Waals surface area (Å²) in [6.45, 7) is 0.740. The maximum atomic E-state index is 11.8. The van der Waals surface area contributed by atoms with Crippen molar-refractivity contribution in [3.05, 3.63) is 0 Å². The Kier molecular flexibility index (Phi) is 3.05. The number of nitrogens with zero attached hydrogens (tertiary/aromatic N) is 1. The van der Waals surface area contributed by atoms with Crippen LogP contribution in [0.3, 0.4) is 0 Å². The third kappa shape index (κ3) is 2.61. The summed E-state index contributed by atoms with van der Waals surface area (Å²) >= 11 is 5.50. The Labute approximate surface area is 90.5 Å². The maximum Gasteiger partial charge on any atom is 0.215 e. The van der Waals surface area contributed by atoms with Gasteiger partial charge in [0, 0.05) is 18.5 Å². The van der Waals surface area contributed by atoms with Crippen LogP contribution in [0.25, 0.3) is 0 Å². The van der Waals surface area contributed by atoms with Gasteiger partial charge in [0.15, 0.2) is 0 Å². The average molecular weight is 238 g/mol. The lowest BCUT2D eigenvalue weighted by Gasteiger charge is -2.20. The maximum absolute atomic E-state index is 11.8. The van der Waals surface area contributed by atoms with Crippen molar-refractivity contribution in [1.82, 2.24) is 4.31 Å². The Bertz CT molecular complexity index is 296. The summed E-state index contributed by atoms with van der Waals surface area (Å²) in [5.74, 6) is 0.925. The quantitative estimate of drug-likeness (QED) is 0.656. The van der Waals surface area contributed by atoms with E-state index < -0.39 is 10.0 Å². The Morgan fingerprint density at radius 3 is 2.29 bits per heavy atom. The SMILES string of the molecule is O=S(=O)(CCCl)N(CC1CC1)C1CC1. The van der Waals surface area contributed by atoms with E-state index in [1.807, 2.05) is 0 Å². The molecule has 0 unspecified atom stereocenters. The molecular formula is C9H16ClNO2S. The topological polar surface area (TPSA) is 37.4 Å². The molecule has 3 nitrogen and oxygen atoms in total. The Hall–Kier alpha value is 0.200. The zero-order valence-corrected chi connectivity index (χ0v) is 9.73. The van der Waals surface area contributed by atoms with Gasteiger partial charge in [0.05, 0.1) is 5.75 Å². The molecule has 0 atom stereocenters. The van der Waals surface area contributed by atoms with Gasteiger partial charge in [-0.05, 0) is 31.6 Å². The third-order valence-corrected chi connectivity index (χ3v) is 5.08. The molecule has 0 amide bonds. The monoisotopic (exact) mass is 237 g/mol. The fraction of sp³-hybridized carbons (Fsp3) is 1.00. The van der Waals surface area contributed by atoms with Gasteiger partial charge in [0.2, 0.25) is 10.0 Å². The average Bonchev–Trinajstić information content (AvgIpc) is 2.95. The fourth-order valence-electron chi connectivity index (χ4n) is 1.62. The van der Waals surface area contributed by atoms with Gasteiger partial charge in [-0.25, -0.2) is 8.42 Å². The third-order valence-electron chi connectivity index (χ3n) is 2.78. The van der Waals surface area contributed by atoms with Crippen LogP contribution in [0, 0.1) is 5.92 Å². The van der Waals surface area contributed by atoms with Gasteiger partial charge >= 0.3 is 0 Å². The lowest BCUT2D eigenvalue weighted by Crippen LogP contribution is -2.37. The predicted molar refractivity (Wildman–Crippen MR) is 57.0 cm³/mol. The number of alkyl halides is 1. The van der Waals surface area contributed by atoms with Gasteiger partial charge in [0.25, 0.3) is 0 Å². The molecule has 14 heavy (non-hydrogen) atoms. The fourth-order valence-corrected chi connectivity index (χ4v) is 3.74. The molecule has 2 fully saturated rings. The Morgan fingerprint density at radius 2 is 1.86 bits per heavy atom. The second-order valence-corrected chi connectivity index (χ2v) is 6.67. The van der Waals surface area contributed by atoms with E-state index in [1.165, 1.54) is 12.8 Å². The van der Waals surface area contributed by atoms with Crippen molar-refractivity contribution < 1.29 is 8.42 Å². The molecule has 2 aliphatic rings. The van der Waals surface area contributed by atoms with Gasteiger partial charge in [0.1, 0.15) is 0 Å². The highest BCUT2D eigenvalue weighted by atomic mass is 35.5. The highest BCUT2D eigenvalue weighted by Crippen LogP contribution is 2.36. The first-order chi connectivity index (χ1) is 6.63. The van der Waals surface area contributed by atoms with E-state index in [0.717, 1.165) is 19.4 Å². The number of halogens is 1. The molecule has 0 aromatic heterocycles. The summed E-state index contributed by atoms with van der Waals surface area (Å²) in [4.78, 5) is 0. The van der Waals surface area contributed by atoms with E-state index in [-0.39, 0.29) is 11.6 Å². The van der Waals surface area contributed by atoms with Crippen LogP contribution in [-0.4, -0.2) is 36.9 Å². The Morgan fingerprint density at radius 1 is 1.21 bits per heavy atom. The van der Waals surface area contributed by atoms with E-state index in [2.05, 4.69) is 0 Å². The summed E-state index contributed by atoms with van der Waals surface area (Å²) in [5, 5.41) is 0. The van der Waals surface area contributed by atoms with Gasteiger partial charge in [-0.2, -0.15) is 4.31 Å². The summed E-state index contributed by atoms with van der Waals surface area (Å²) in [7, 11) is -3.06. The van der Waals surface area contributed by atoms with Gasteiger partial charge in [-0.3, -0.25) is 0 Å². The van der Waals surface area contributed by atoms with E-state index >= 15 is 0 Å². The van der Waals surface area contributed by atoms with Gasteiger partial charge in [-0.15, -0.1) is 11.6 Å². The number of sulfonamides is 1. The van der Waals surface area contributed by atoms with Crippen LogP contribution in [0.5, 0.6) is 0 Å². The summed E-state index contributed by atoms with van der Waals surface area (Å²) in [6, 6.07) is 0.295. The first-order valence-corrected chi connectivity index (χ1v) is 7.33. The highest BCUT2D eigenvalue weighted by molar-refractivity contribution is 7.89. The molecule has 0 heterocycles. The van der Waals surface area contributed by atoms with Crippen LogP contribution in [0.4, 0.5) is 0 Å². The lowest BCUT2D eigenvalue weighted by atomic mass is 10.4. The minimum absolute atomic E-state index is 0.0950. The summed E-state index contributed by atoms with van der Waals surface area (Å²) in [5.41, 5.74) is 0. The Balaban J connectivity index is 2.00. The number of rotatable bonds is 6. The van der Waals surface area contributed by atoms with Crippen LogP contribution in [0.15, 0.2) is 0 Å². The molecule has 0 spiro atoms. The lowest BCUT2D eigenvalue weighted by molar-refractivity contribution is 0.389. The van der Waals surface area contributed by atoms with Crippen LogP contribution in [0.1, 0.15) is 25.7 Å². The molecule has 0 radical (unpaired) electrons. The van der Waals surface area contributed by atoms with E-state index in [9.17, 15) is 8.42 Å².